The Morgan fingerprint density at radius 3 is 2.55 bits per heavy atom. The van der Waals surface area contributed by atoms with Crippen molar-refractivity contribution in [3.05, 3.63) is 38.3 Å². The minimum atomic E-state index is -0.367. The molecule has 0 spiro atoms. The Hall–Kier alpha value is -0.980. The lowest BCUT2D eigenvalue weighted by Crippen LogP contribution is -2.38. The van der Waals surface area contributed by atoms with Gasteiger partial charge in [-0.05, 0) is 31.6 Å². The fraction of sp³-hybridized carbons (Fsp3) is 0.571. The first-order valence-corrected chi connectivity index (χ1v) is 7.65. The van der Waals surface area contributed by atoms with Gasteiger partial charge in [-0.15, -0.1) is 0 Å². The molecule has 112 valence electrons. The van der Waals surface area contributed by atoms with Gasteiger partial charge in [0.2, 0.25) is 0 Å². The molecule has 5 nitrogen and oxygen atoms in total. The number of hydrogen-bond donors (Lipinski definition) is 1. The molecule has 20 heavy (non-hydrogen) atoms. The molecule has 1 rings (SSSR count). The van der Waals surface area contributed by atoms with Gasteiger partial charge in [-0.1, -0.05) is 29.8 Å². The Morgan fingerprint density at radius 1 is 1.35 bits per heavy atom. The van der Waals surface area contributed by atoms with Crippen LogP contribution in [0.4, 0.5) is 5.69 Å². The van der Waals surface area contributed by atoms with E-state index < -0.39 is 0 Å². The van der Waals surface area contributed by atoms with E-state index >= 15 is 0 Å². The largest absolute Gasteiger partial charge is 0.309 e. The van der Waals surface area contributed by atoms with Crippen LogP contribution in [0.1, 0.15) is 26.3 Å². The maximum absolute atomic E-state index is 10.8. The van der Waals surface area contributed by atoms with E-state index in [1.807, 2.05) is 6.07 Å². The van der Waals surface area contributed by atoms with Crippen molar-refractivity contribution in [2.24, 2.45) is 0 Å². The summed E-state index contributed by atoms with van der Waals surface area (Å²) in [6, 6.07) is 5.38. The number of rotatable bonds is 8. The van der Waals surface area contributed by atoms with E-state index in [0.29, 0.717) is 12.6 Å². The summed E-state index contributed by atoms with van der Waals surface area (Å²) in [5.41, 5.74) is 1.03. The molecule has 0 aliphatic rings. The first-order chi connectivity index (χ1) is 9.46. The highest BCUT2D eigenvalue weighted by Gasteiger charge is 2.10. The van der Waals surface area contributed by atoms with Gasteiger partial charge in [-0.2, -0.15) is 0 Å². The van der Waals surface area contributed by atoms with Crippen molar-refractivity contribution >= 4 is 21.6 Å². The van der Waals surface area contributed by atoms with Crippen LogP contribution in [0.2, 0.25) is 0 Å². The summed E-state index contributed by atoms with van der Waals surface area (Å²) in [7, 11) is 0. The lowest BCUT2D eigenvalue weighted by molar-refractivity contribution is -0.385. The SMILES string of the molecule is CCN(CC)CC(C)NCc1cc(Br)cc([N+](=O)[O-])c1. The lowest BCUT2D eigenvalue weighted by atomic mass is 10.2. The van der Waals surface area contributed by atoms with Gasteiger partial charge < -0.3 is 10.2 Å². The van der Waals surface area contributed by atoms with Crippen molar-refractivity contribution < 1.29 is 4.92 Å². The Kier molecular flexibility index (Phi) is 7.12. The maximum Gasteiger partial charge on any atom is 0.270 e. The number of nitro groups is 1. The smallest absolute Gasteiger partial charge is 0.270 e. The van der Waals surface area contributed by atoms with Crippen LogP contribution in [-0.2, 0) is 6.54 Å². The standard InChI is InChI=1S/C14H22BrN3O2/c1-4-17(5-2)10-11(3)16-9-12-6-13(15)8-14(7-12)18(19)20/h6-8,11,16H,4-5,9-10H2,1-3H3. The van der Waals surface area contributed by atoms with Crippen molar-refractivity contribution in [2.45, 2.75) is 33.4 Å². The molecule has 1 unspecified atom stereocenters. The number of nitro benzene ring substituents is 1. The molecule has 1 aromatic rings. The molecule has 0 fully saturated rings. The van der Waals surface area contributed by atoms with Crippen molar-refractivity contribution in [3.63, 3.8) is 0 Å². The summed E-state index contributed by atoms with van der Waals surface area (Å²) in [4.78, 5) is 12.8. The topological polar surface area (TPSA) is 58.4 Å². The molecule has 0 saturated heterocycles. The van der Waals surface area contributed by atoms with Gasteiger partial charge in [0.05, 0.1) is 4.92 Å². The van der Waals surface area contributed by atoms with E-state index in [1.165, 1.54) is 6.07 Å². The van der Waals surface area contributed by atoms with Crippen LogP contribution in [0.3, 0.4) is 0 Å². The molecule has 0 aliphatic carbocycles. The Balaban J connectivity index is 2.59. The van der Waals surface area contributed by atoms with Gasteiger partial charge in [0, 0.05) is 35.7 Å². The van der Waals surface area contributed by atoms with Crippen LogP contribution in [-0.4, -0.2) is 35.5 Å². The number of non-ortho nitro benzene ring substituents is 1. The van der Waals surface area contributed by atoms with Crippen LogP contribution in [0, 0.1) is 10.1 Å². The quantitative estimate of drug-likeness (QED) is 0.581. The van der Waals surface area contributed by atoms with Gasteiger partial charge in [-0.3, -0.25) is 10.1 Å². The lowest BCUT2D eigenvalue weighted by Gasteiger charge is -2.23. The molecule has 0 heterocycles. The zero-order valence-corrected chi connectivity index (χ0v) is 13.8. The molecule has 0 saturated carbocycles. The number of nitrogens with zero attached hydrogens (tertiary/aromatic N) is 2. The van der Waals surface area contributed by atoms with E-state index in [2.05, 4.69) is 46.9 Å². The first-order valence-electron chi connectivity index (χ1n) is 6.85. The van der Waals surface area contributed by atoms with Crippen LogP contribution in [0.25, 0.3) is 0 Å². The molecule has 1 N–H and O–H groups in total. The van der Waals surface area contributed by atoms with Gasteiger partial charge in [0.1, 0.15) is 0 Å². The molecule has 0 radical (unpaired) electrons. The first kappa shape index (κ1) is 17.1. The van der Waals surface area contributed by atoms with Crippen molar-refractivity contribution in [1.29, 1.82) is 0 Å². The summed E-state index contributed by atoms with van der Waals surface area (Å²) in [5.74, 6) is 0. The second-order valence-corrected chi connectivity index (χ2v) is 5.76. The zero-order chi connectivity index (χ0) is 15.1. The molecular weight excluding hydrogens is 322 g/mol. The number of halogens is 1. The van der Waals surface area contributed by atoms with Gasteiger partial charge in [0.25, 0.3) is 5.69 Å². The monoisotopic (exact) mass is 343 g/mol. The van der Waals surface area contributed by atoms with Gasteiger partial charge in [-0.25, -0.2) is 0 Å². The van der Waals surface area contributed by atoms with Crippen LogP contribution in [0.15, 0.2) is 22.7 Å². The van der Waals surface area contributed by atoms with Crippen molar-refractivity contribution in [1.82, 2.24) is 10.2 Å². The molecule has 0 bridgehead atoms. The highest BCUT2D eigenvalue weighted by molar-refractivity contribution is 9.10. The molecular formula is C14H22BrN3O2. The highest BCUT2D eigenvalue weighted by atomic mass is 79.9. The Labute approximate surface area is 128 Å². The van der Waals surface area contributed by atoms with E-state index in [0.717, 1.165) is 29.7 Å². The molecule has 6 heteroatoms. The van der Waals surface area contributed by atoms with Crippen molar-refractivity contribution in [3.8, 4) is 0 Å². The third kappa shape index (κ3) is 5.56. The summed E-state index contributed by atoms with van der Waals surface area (Å²) in [5, 5.41) is 14.2. The Morgan fingerprint density at radius 2 is 2.00 bits per heavy atom. The minimum Gasteiger partial charge on any atom is -0.309 e. The van der Waals surface area contributed by atoms with E-state index in [-0.39, 0.29) is 10.6 Å². The Bertz CT molecular complexity index is 450. The zero-order valence-electron chi connectivity index (χ0n) is 12.2. The number of likely N-dealkylation sites (N-methyl/N-ethyl adjacent to an activating group) is 1. The van der Waals surface area contributed by atoms with Crippen LogP contribution in [0.5, 0.6) is 0 Å². The van der Waals surface area contributed by atoms with Gasteiger partial charge >= 0.3 is 0 Å². The second-order valence-electron chi connectivity index (χ2n) is 4.84. The fourth-order valence-corrected chi connectivity index (χ4v) is 2.60. The molecule has 0 aromatic heterocycles. The summed E-state index contributed by atoms with van der Waals surface area (Å²) < 4.78 is 0.736. The predicted molar refractivity (Wildman–Crippen MR) is 84.9 cm³/mol. The molecule has 1 atom stereocenters. The van der Waals surface area contributed by atoms with Crippen LogP contribution < -0.4 is 5.32 Å². The summed E-state index contributed by atoms with van der Waals surface area (Å²) >= 11 is 3.31. The fourth-order valence-electron chi connectivity index (χ4n) is 2.07. The number of benzene rings is 1. The third-order valence-corrected chi connectivity index (χ3v) is 3.69. The van der Waals surface area contributed by atoms with E-state index in [1.54, 1.807) is 6.07 Å². The van der Waals surface area contributed by atoms with Crippen molar-refractivity contribution in [2.75, 3.05) is 19.6 Å². The maximum atomic E-state index is 10.8. The molecule has 1 aromatic carbocycles. The average Bonchev–Trinajstić information content (AvgIpc) is 2.41. The van der Waals surface area contributed by atoms with E-state index in [9.17, 15) is 10.1 Å². The molecule has 0 aliphatic heterocycles. The predicted octanol–water partition coefficient (Wildman–Crippen LogP) is 3.18. The highest BCUT2D eigenvalue weighted by Crippen LogP contribution is 2.21. The second kappa shape index (κ2) is 8.34. The van der Waals surface area contributed by atoms with E-state index in [4.69, 9.17) is 0 Å². The average molecular weight is 344 g/mol. The number of hydrogen-bond acceptors (Lipinski definition) is 4. The summed E-state index contributed by atoms with van der Waals surface area (Å²) in [6.45, 7) is 10.1. The summed E-state index contributed by atoms with van der Waals surface area (Å²) in [6.07, 6.45) is 0. The third-order valence-electron chi connectivity index (χ3n) is 3.23. The molecule has 0 amide bonds. The van der Waals surface area contributed by atoms with Gasteiger partial charge in [0.15, 0.2) is 0 Å². The minimum absolute atomic E-state index is 0.118. The number of nitrogens with one attached hydrogen (secondary N) is 1. The normalized spacial score (nSPS) is 12.7. The van der Waals surface area contributed by atoms with Crippen LogP contribution >= 0.6 is 15.9 Å².